The van der Waals surface area contributed by atoms with Gasteiger partial charge in [-0.15, -0.1) is 0 Å². The molecule has 33 nitrogen and oxygen atoms in total. The Hall–Kier alpha value is -4.68. The number of hydrogen-bond donors (Lipinski definition) is 13. The van der Waals surface area contributed by atoms with E-state index in [1.165, 1.54) is 39.2 Å². The van der Waals surface area contributed by atoms with Crippen LogP contribution in [-0.2, 0) is 88.9 Å². The molecule has 1 amide bonds. The molecule has 6 heterocycles. The van der Waals surface area contributed by atoms with E-state index in [0.29, 0.717) is 25.9 Å². The lowest BCUT2D eigenvalue weighted by molar-refractivity contribution is -0.318. The van der Waals surface area contributed by atoms with Crippen LogP contribution in [0.1, 0.15) is 227 Å². The average molecular weight is 1870 g/mol. The number of likely N-dealkylation sites (N-methyl/N-ethyl adjacent to an activating group) is 2. The number of carbonyl (C=O) groups is 4. The fraction of sp³-hybridized carbons (Fsp3) is 0.837. The van der Waals surface area contributed by atoms with Gasteiger partial charge < -0.3 is 134 Å². The van der Waals surface area contributed by atoms with Crippen molar-refractivity contribution in [2.75, 3.05) is 81.7 Å². The van der Waals surface area contributed by atoms with E-state index in [0.717, 1.165) is 32.2 Å². The minimum absolute atomic E-state index is 0.0385. The van der Waals surface area contributed by atoms with E-state index < -0.39 is 198 Å². The summed E-state index contributed by atoms with van der Waals surface area (Å²) >= 11 is 0. The van der Waals surface area contributed by atoms with Crippen molar-refractivity contribution in [1.29, 1.82) is 0 Å². The molecule has 756 valence electrons. The number of ether oxygens (including phenoxy) is 12. The first-order chi connectivity index (χ1) is 61.1. The van der Waals surface area contributed by atoms with Gasteiger partial charge in [-0.3, -0.25) is 29.0 Å². The predicted octanol–water partition coefficient (Wildman–Crippen LogP) is 6.73. The molecule has 33 heteroatoms. The number of amides is 1. The molecule has 0 saturated carbocycles. The molecule has 2 aromatic carbocycles. The molecule has 0 unspecified atom stereocenters. The fourth-order valence-electron chi connectivity index (χ4n) is 20.5. The van der Waals surface area contributed by atoms with Crippen LogP contribution >= 0.6 is 0 Å². The molecule has 0 aliphatic carbocycles. The number of hydrogen-bond acceptors (Lipinski definition) is 31. The second-order valence-electron chi connectivity index (χ2n) is 40.7. The normalized spacial score (nSPS) is 41.5. The maximum absolute atomic E-state index is 14.5. The quantitative estimate of drug-likeness (QED) is 0.0325. The Morgan fingerprint density at radius 3 is 1.21 bits per heavy atom. The van der Waals surface area contributed by atoms with Gasteiger partial charge in [0.15, 0.2) is 25.2 Å². The number of carboxylic acids is 1. The Morgan fingerprint density at radius 2 is 0.870 bits per heavy atom. The van der Waals surface area contributed by atoms with Crippen molar-refractivity contribution in [2.24, 2.45) is 41.2 Å². The van der Waals surface area contributed by atoms with E-state index in [1.807, 2.05) is 94.9 Å². The number of nitrogens with two attached hydrogens (primary N) is 1. The van der Waals surface area contributed by atoms with Gasteiger partial charge in [0.2, 0.25) is 5.91 Å². The number of aliphatic hydroxyl groups is 10. The maximum Gasteiger partial charge on any atom is 0.311 e. The molecule has 6 aliphatic heterocycles. The Balaban J connectivity index is 0.000000366. The number of benzene rings is 2. The molecule has 0 spiro atoms. The van der Waals surface area contributed by atoms with Crippen molar-refractivity contribution >= 4 is 23.8 Å². The Bertz CT molecular complexity index is 3690. The summed E-state index contributed by atoms with van der Waals surface area (Å²) < 4.78 is 75.5. The van der Waals surface area contributed by atoms with Gasteiger partial charge in [-0.25, -0.2) is 0 Å². The molecule has 36 atom stereocenters. The van der Waals surface area contributed by atoms with Crippen molar-refractivity contribution in [1.82, 2.24) is 24.9 Å². The number of carboxylic acid groups (broad SMARTS) is 1. The predicted molar refractivity (Wildman–Crippen MR) is 495 cm³/mol. The molecular weight excluding hydrogens is 1690 g/mol. The number of esters is 2. The van der Waals surface area contributed by atoms with E-state index in [-0.39, 0.29) is 113 Å². The van der Waals surface area contributed by atoms with E-state index in [9.17, 15) is 75.3 Å². The number of cyclic esters (lactones) is 2. The monoisotopic (exact) mass is 1870 g/mol. The summed E-state index contributed by atoms with van der Waals surface area (Å²) in [5.74, 6) is -7.11. The van der Waals surface area contributed by atoms with Crippen molar-refractivity contribution in [3.8, 4) is 0 Å². The van der Waals surface area contributed by atoms with E-state index in [1.54, 1.807) is 102 Å². The van der Waals surface area contributed by atoms with Gasteiger partial charge in [0, 0.05) is 102 Å². The summed E-state index contributed by atoms with van der Waals surface area (Å²) in [5.41, 5.74) is -1.41. The van der Waals surface area contributed by atoms with Gasteiger partial charge >= 0.3 is 17.9 Å². The van der Waals surface area contributed by atoms with Crippen molar-refractivity contribution in [3.63, 3.8) is 0 Å². The van der Waals surface area contributed by atoms with Crippen LogP contribution in [0.4, 0.5) is 0 Å². The molecule has 0 radical (unpaired) electrons. The zero-order valence-electron chi connectivity index (χ0n) is 83.6. The Kier molecular flexibility index (Phi) is 45.0. The lowest BCUT2D eigenvalue weighted by Crippen LogP contribution is -2.60. The molecule has 0 bridgehead atoms. The fourth-order valence-corrected chi connectivity index (χ4v) is 20.5. The smallest absolute Gasteiger partial charge is 0.311 e. The van der Waals surface area contributed by atoms with Crippen LogP contribution in [0.3, 0.4) is 0 Å². The Labute approximate surface area is 781 Å². The highest BCUT2D eigenvalue weighted by atomic mass is 16.7. The van der Waals surface area contributed by atoms with E-state index >= 15 is 0 Å². The number of aryl methyl sites for hydroxylation is 2. The summed E-state index contributed by atoms with van der Waals surface area (Å²) in [5, 5.41) is 131. The molecule has 0 aromatic heterocycles. The standard InChI is InChI=1S/C49H85N3O13.C40H74N2O14.C9H13N/c1-14-37-49(10,59)42(55)33(6)52(24-22-38(53)50-23-18-21-35-19-16-15-17-20-35)28-29(2)26-47(8,58)44(65-46-40(54)36(51(11)12)25-30(3)61-46)31(4)41(32(5)45(57)63-37)64-39-27-48(9,60-13)43(56)34(7)62-39;1-14-28-40(10,50)33(46)25(6)42(16-15-29(43)44)20-21(2)18-38(8,49)35(56-37-31(45)27(41(11)12)17-22(3)52-37)23(4)32(24(5)36(48)54-28)55-30-19-39(9,51-13)34(47)26(7)53-30;10-8-4-7-9-5-2-1-3-6-9/h15-17,19-20,29-34,36-37,39-44,46,54-56,58-59H,14,18,21-28H2,1-13H3,(H,50,53);21-28,30-35,37,45-47,49-50H,14-20H2,1-13H3,(H,43,44);1-3,5-6H,4,7-8,10H2/t29-,30-,31+,32-,33-,34+,36+,37-,39+,40-,41+,42-,43+,44-,46+,47-,48-,49-;21-,22-,23+,24-,25-,26+,27+,28-,30+,31-,32+,33-,34+,35-,37+,38-,39-,40-;/m11./s1. The summed E-state index contributed by atoms with van der Waals surface area (Å²) in [6.07, 6.45) is -14.7. The van der Waals surface area contributed by atoms with Crippen LogP contribution in [-0.4, -0.2) is 362 Å². The number of aliphatic carboxylic acids is 1. The summed E-state index contributed by atoms with van der Waals surface area (Å²) in [4.78, 5) is 61.3. The number of methoxy groups -OCH3 is 2. The molecule has 2 aromatic rings. The lowest BCUT2D eigenvalue weighted by atomic mass is 9.77. The largest absolute Gasteiger partial charge is 0.481 e. The second kappa shape index (κ2) is 51.3. The third-order valence-electron chi connectivity index (χ3n) is 28.6. The van der Waals surface area contributed by atoms with Crippen molar-refractivity contribution < 1.29 is 132 Å². The highest BCUT2D eigenvalue weighted by Crippen LogP contribution is 2.44. The first-order valence-electron chi connectivity index (χ1n) is 47.9. The summed E-state index contributed by atoms with van der Waals surface area (Å²) in [6, 6.07) is 18.3. The third kappa shape index (κ3) is 31.4. The maximum atomic E-state index is 14.5. The zero-order valence-corrected chi connectivity index (χ0v) is 83.6. The lowest BCUT2D eigenvalue weighted by Gasteiger charge is -2.48. The van der Waals surface area contributed by atoms with Gasteiger partial charge in [0.1, 0.15) is 60.0 Å². The van der Waals surface area contributed by atoms with Gasteiger partial charge in [0.25, 0.3) is 0 Å². The van der Waals surface area contributed by atoms with Gasteiger partial charge in [-0.05, 0) is 219 Å². The second-order valence-corrected chi connectivity index (χ2v) is 40.7. The number of carbonyl (C=O) groups excluding carboxylic acids is 3. The SMILES string of the molecule is CC[C@H]1OC(=O)[C@H](C)[C@@H](O[C@H]2C[C@@](C)(OC)[C@@H](O)[C@H](C)O2)[C@H](C)[C@@H](O[C@@H]2O[C@H](C)C[C@H](N(C)C)[C@H]2O)[C@](C)(O)C[C@@H](C)CN(CCC(=O)NCCCc2ccccc2)[C@H](C)[C@@H](O)[C@]1(C)O.CC[C@H]1OC(=O)[C@H](C)[C@@H](O[C@H]2C[C@@](C)(OC)[C@@H](O)[C@H](C)O2)[C@H](C)[C@@H](O[C@@H]2O[C@H](C)C[C@H](N(C)C)[C@H]2O)[C@](C)(O)C[C@@H](C)CN(CCC(=O)O)[C@H](C)[C@@H](O)[C@]1(C)O.NCCCc1ccccc1. The first kappa shape index (κ1) is 115. The average Bonchev–Trinajstić information content (AvgIpc) is 1.75. The number of nitrogens with zero attached hydrogens (tertiary/aromatic N) is 4. The number of rotatable bonds is 27. The van der Waals surface area contributed by atoms with Gasteiger partial charge in [0.05, 0.1) is 89.5 Å². The summed E-state index contributed by atoms with van der Waals surface area (Å²) in [7, 11) is 10.5. The van der Waals surface area contributed by atoms with Gasteiger partial charge in [-0.2, -0.15) is 0 Å². The molecule has 131 heavy (non-hydrogen) atoms. The van der Waals surface area contributed by atoms with Crippen LogP contribution in [0.15, 0.2) is 60.7 Å². The van der Waals surface area contributed by atoms with Crippen LogP contribution in [0.2, 0.25) is 0 Å². The van der Waals surface area contributed by atoms with Crippen molar-refractivity contribution in [2.45, 2.75) is 409 Å². The van der Waals surface area contributed by atoms with E-state index in [4.69, 9.17) is 62.6 Å². The molecule has 14 N–H and O–H groups in total. The van der Waals surface area contributed by atoms with Crippen LogP contribution < -0.4 is 11.1 Å². The van der Waals surface area contributed by atoms with Crippen LogP contribution in [0.5, 0.6) is 0 Å². The molecule has 6 saturated heterocycles. The van der Waals surface area contributed by atoms with Gasteiger partial charge in [-0.1, -0.05) is 102 Å². The highest BCUT2D eigenvalue weighted by Gasteiger charge is 2.57. The minimum Gasteiger partial charge on any atom is -0.481 e. The Morgan fingerprint density at radius 1 is 0.511 bits per heavy atom. The summed E-state index contributed by atoms with van der Waals surface area (Å²) in [6.45, 7) is 36.5. The van der Waals surface area contributed by atoms with Crippen LogP contribution in [0.25, 0.3) is 0 Å². The zero-order chi connectivity index (χ0) is 98.5. The first-order valence-corrected chi connectivity index (χ1v) is 47.9. The molecule has 8 rings (SSSR count). The third-order valence-corrected chi connectivity index (χ3v) is 28.6. The number of aliphatic hydroxyl groups excluding tert-OH is 6. The van der Waals surface area contributed by atoms with E-state index in [2.05, 4.69) is 41.7 Å². The number of nitrogens with one attached hydrogen (secondary N) is 1. The topological polar surface area (TPSA) is 453 Å². The molecule has 6 aliphatic rings. The van der Waals surface area contributed by atoms with Crippen molar-refractivity contribution in [3.05, 3.63) is 71.8 Å². The highest BCUT2D eigenvalue weighted by molar-refractivity contribution is 5.76. The molecular formula is C98H172N6O27. The van der Waals surface area contributed by atoms with Crippen LogP contribution in [0, 0.1) is 35.5 Å². The molecule has 6 fully saturated rings. The minimum atomic E-state index is -1.96.